The average Bonchev–Trinajstić information content (AvgIpc) is 2.46. The molecule has 1 atom stereocenters. The fourth-order valence-corrected chi connectivity index (χ4v) is 2.51. The van der Waals surface area contributed by atoms with Crippen LogP contribution in [0.4, 0.5) is 5.69 Å². The maximum atomic E-state index is 12.6. The molecule has 6 heteroatoms. The van der Waals surface area contributed by atoms with Crippen LogP contribution in [0.2, 0.25) is 0 Å². The molecule has 1 unspecified atom stereocenters. The Balaban J connectivity index is 2.28. The molecule has 2 rings (SSSR count). The second kappa shape index (κ2) is 5.92. The number of nitrogens with zero attached hydrogens (tertiary/aromatic N) is 1. The summed E-state index contributed by atoms with van der Waals surface area (Å²) in [4.78, 5) is 26.1. The van der Waals surface area contributed by atoms with Crippen molar-refractivity contribution in [2.75, 3.05) is 18.5 Å². The van der Waals surface area contributed by atoms with Crippen LogP contribution in [0.1, 0.15) is 29.3 Å². The Hall–Kier alpha value is -2.08. The van der Waals surface area contributed by atoms with Gasteiger partial charge in [0.05, 0.1) is 0 Å². The van der Waals surface area contributed by atoms with E-state index in [2.05, 4.69) is 10.7 Å². The van der Waals surface area contributed by atoms with Crippen LogP contribution in [-0.2, 0) is 4.79 Å². The molecule has 1 aromatic carbocycles. The van der Waals surface area contributed by atoms with Gasteiger partial charge in [-0.05, 0) is 37.1 Å². The number of carbonyl (C=O) groups is 2. The fourth-order valence-electron chi connectivity index (χ4n) is 2.51. The molecule has 0 spiro atoms. The molecule has 20 heavy (non-hydrogen) atoms. The second-order valence-corrected chi connectivity index (χ2v) is 4.89. The molecule has 1 aromatic rings. The summed E-state index contributed by atoms with van der Waals surface area (Å²) in [5.74, 6) is 5.17. The molecule has 1 saturated heterocycles. The number of carbonyl (C=O) groups excluding carboxylic acids is 2. The third-order valence-electron chi connectivity index (χ3n) is 3.60. The van der Waals surface area contributed by atoms with Gasteiger partial charge in [0.25, 0.3) is 5.91 Å². The van der Waals surface area contributed by atoms with E-state index in [1.807, 2.05) is 19.9 Å². The maximum Gasteiger partial charge on any atom is 0.254 e. The summed E-state index contributed by atoms with van der Waals surface area (Å²) < 4.78 is 0. The number of amides is 2. The van der Waals surface area contributed by atoms with Gasteiger partial charge >= 0.3 is 0 Å². The molecule has 1 fully saturated rings. The smallest absolute Gasteiger partial charge is 0.254 e. The van der Waals surface area contributed by atoms with Crippen molar-refractivity contribution in [3.63, 3.8) is 0 Å². The predicted octanol–water partition coefficient (Wildman–Crippen LogP) is 0.631. The van der Waals surface area contributed by atoms with Gasteiger partial charge in [-0.15, -0.1) is 0 Å². The molecule has 0 aliphatic carbocycles. The average molecular weight is 276 g/mol. The second-order valence-electron chi connectivity index (χ2n) is 4.89. The third kappa shape index (κ3) is 2.60. The number of hydrogen-bond acceptors (Lipinski definition) is 4. The van der Waals surface area contributed by atoms with E-state index >= 15 is 0 Å². The van der Waals surface area contributed by atoms with Crippen molar-refractivity contribution in [1.82, 2.24) is 10.2 Å². The van der Waals surface area contributed by atoms with Crippen LogP contribution in [-0.4, -0.2) is 35.8 Å². The lowest BCUT2D eigenvalue weighted by atomic mass is 10.0. The zero-order valence-corrected chi connectivity index (χ0v) is 11.8. The number of hydrazine groups is 1. The van der Waals surface area contributed by atoms with Crippen molar-refractivity contribution in [3.8, 4) is 0 Å². The van der Waals surface area contributed by atoms with Crippen LogP contribution in [0.25, 0.3) is 0 Å². The summed E-state index contributed by atoms with van der Waals surface area (Å²) in [5, 5.41) is 2.79. The Morgan fingerprint density at radius 2 is 2.30 bits per heavy atom. The summed E-state index contributed by atoms with van der Waals surface area (Å²) in [7, 11) is 0. The number of nitrogen functional groups attached to an aromatic ring is 1. The largest absolute Gasteiger partial charge is 0.353 e. The number of hydrogen-bond donors (Lipinski definition) is 3. The van der Waals surface area contributed by atoms with Gasteiger partial charge in [-0.25, -0.2) is 0 Å². The van der Waals surface area contributed by atoms with Crippen molar-refractivity contribution in [2.45, 2.75) is 26.3 Å². The molecular formula is C14H20N4O2. The standard InChI is InChI=1S/C14H20N4O2/c1-3-12-13(19)16-6-7-18(12)14(20)11-5-4-10(17-15)8-9(11)2/h4-5,8,12,17H,3,6-7,15H2,1-2H3,(H,16,19). The van der Waals surface area contributed by atoms with Crippen LogP contribution >= 0.6 is 0 Å². The SMILES string of the molecule is CCC1C(=O)NCCN1C(=O)c1ccc(NN)cc1C. The van der Waals surface area contributed by atoms with Crippen molar-refractivity contribution < 1.29 is 9.59 Å². The highest BCUT2D eigenvalue weighted by molar-refractivity contribution is 5.99. The zero-order valence-electron chi connectivity index (χ0n) is 11.8. The Bertz CT molecular complexity index is 530. The van der Waals surface area contributed by atoms with Crippen molar-refractivity contribution in [3.05, 3.63) is 29.3 Å². The van der Waals surface area contributed by atoms with E-state index in [0.29, 0.717) is 25.1 Å². The Morgan fingerprint density at radius 1 is 1.55 bits per heavy atom. The highest BCUT2D eigenvalue weighted by Crippen LogP contribution is 2.19. The lowest BCUT2D eigenvalue weighted by Gasteiger charge is -2.34. The molecule has 6 nitrogen and oxygen atoms in total. The normalized spacial score (nSPS) is 18.6. The molecule has 2 amide bonds. The molecule has 1 heterocycles. The van der Waals surface area contributed by atoms with E-state index in [1.165, 1.54) is 0 Å². The van der Waals surface area contributed by atoms with Gasteiger partial charge < -0.3 is 15.6 Å². The molecule has 1 aliphatic heterocycles. The highest BCUT2D eigenvalue weighted by Gasteiger charge is 2.32. The first-order valence-electron chi connectivity index (χ1n) is 6.74. The molecule has 0 bridgehead atoms. The van der Waals surface area contributed by atoms with E-state index in [9.17, 15) is 9.59 Å². The summed E-state index contributed by atoms with van der Waals surface area (Å²) in [5.41, 5.74) is 4.75. The lowest BCUT2D eigenvalue weighted by molar-refractivity contribution is -0.127. The summed E-state index contributed by atoms with van der Waals surface area (Å²) in [6.45, 7) is 4.81. The first-order chi connectivity index (χ1) is 9.58. The van der Waals surface area contributed by atoms with Crippen molar-refractivity contribution >= 4 is 17.5 Å². The van der Waals surface area contributed by atoms with Gasteiger partial charge in [0.1, 0.15) is 6.04 Å². The van der Waals surface area contributed by atoms with Gasteiger partial charge in [0.2, 0.25) is 5.91 Å². The maximum absolute atomic E-state index is 12.6. The lowest BCUT2D eigenvalue weighted by Crippen LogP contribution is -2.57. The molecular weight excluding hydrogens is 256 g/mol. The monoisotopic (exact) mass is 276 g/mol. The van der Waals surface area contributed by atoms with Gasteiger partial charge in [-0.2, -0.15) is 0 Å². The number of benzene rings is 1. The van der Waals surface area contributed by atoms with Gasteiger partial charge in [0, 0.05) is 24.3 Å². The van der Waals surface area contributed by atoms with Gasteiger partial charge in [0.15, 0.2) is 0 Å². The van der Waals surface area contributed by atoms with E-state index in [1.54, 1.807) is 17.0 Å². The molecule has 0 saturated carbocycles. The number of anilines is 1. The number of nitrogens with one attached hydrogen (secondary N) is 2. The van der Waals surface area contributed by atoms with Crippen LogP contribution in [0.5, 0.6) is 0 Å². The van der Waals surface area contributed by atoms with Gasteiger partial charge in [-0.1, -0.05) is 6.92 Å². The minimum Gasteiger partial charge on any atom is -0.353 e. The van der Waals surface area contributed by atoms with E-state index in [0.717, 1.165) is 11.3 Å². The molecule has 0 radical (unpaired) electrons. The van der Waals surface area contributed by atoms with Crippen LogP contribution in [0.15, 0.2) is 18.2 Å². The Kier molecular flexibility index (Phi) is 4.24. The zero-order chi connectivity index (χ0) is 14.7. The fraction of sp³-hybridized carbons (Fsp3) is 0.429. The number of aryl methyl sites for hydroxylation is 1. The number of piperazine rings is 1. The highest BCUT2D eigenvalue weighted by atomic mass is 16.2. The first kappa shape index (κ1) is 14.3. The van der Waals surface area contributed by atoms with Crippen LogP contribution in [0, 0.1) is 6.92 Å². The topological polar surface area (TPSA) is 87.5 Å². The van der Waals surface area contributed by atoms with Crippen molar-refractivity contribution in [1.29, 1.82) is 0 Å². The first-order valence-corrected chi connectivity index (χ1v) is 6.74. The molecule has 108 valence electrons. The van der Waals surface area contributed by atoms with E-state index < -0.39 is 0 Å². The van der Waals surface area contributed by atoms with Gasteiger partial charge in [-0.3, -0.25) is 15.4 Å². The minimum atomic E-state index is -0.386. The van der Waals surface area contributed by atoms with Crippen LogP contribution in [0.3, 0.4) is 0 Å². The summed E-state index contributed by atoms with van der Waals surface area (Å²) >= 11 is 0. The van der Waals surface area contributed by atoms with E-state index in [-0.39, 0.29) is 17.9 Å². The molecule has 1 aliphatic rings. The van der Waals surface area contributed by atoms with Crippen molar-refractivity contribution in [2.24, 2.45) is 5.84 Å². The third-order valence-corrected chi connectivity index (χ3v) is 3.60. The summed E-state index contributed by atoms with van der Waals surface area (Å²) in [6.07, 6.45) is 0.610. The number of rotatable bonds is 3. The van der Waals surface area contributed by atoms with E-state index in [4.69, 9.17) is 5.84 Å². The molecule has 0 aromatic heterocycles. The predicted molar refractivity (Wildman–Crippen MR) is 77.1 cm³/mol. The Morgan fingerprint density at radius 3 is 2.90 bits per heavy atom. The van der Waals surface area contributed by atoms with Crippen LogP contribution < -0.4 is 16.6 Å². The molecule has 4 N–H and O–H groups in total. The minimum absolute atomic E-state index is 0.0787. The quantitative estimate of drug-likeness (QED) is 0.558. The Labute approximate surface area is 118 Å². The summed E-state index contributed by atoms with van der Waals surface area (Å²) in [6, 6.07) is 4.93. The number of nitrogens with two attached hydrogens (primary N) is 1.